The van der Waals surface area contributed by atoms with Crippen LogP contribution in [0, 0.1) is 0 Å². The number of nitrogens with one attached hydrogen (secondary N) is 1. The molecule has 2 atom stereocenters. The van der Waals surface area contributed by atoms with Gasteiger partial charge in [-0.25, -0.2) is 13.2 Å². The van der Waals surface area contributed by atoms with E-state index < -0.39 is 33.7 Å². The maximum atomic E-state index is 12.7. The third-order valence-electron chi connectivity index (χ3n) is 3.56. The Morgan fingerprint density at radius 2 is 1.88 bits per heavy atom. The predicted octanol–water partition coefficient (Wildman–Crippen LogP) is 2.39. The highest BCUT2D eigenvalue weighted by Crippen LogP contribution is 2.28. The molecule has 0 saturated carbocycles. The second-order valence-electron chi connectivity index (χ2n) is 6.70. The van der Waals surface area contributed by atoms with E-state index in [-0.39, 0.29) is 9.80 Å². The van der Waals surface area contributed by atoms with Gasteiger partial charge in [-0.1, -0.05) is 24.3 Å². The van der Waals surface area contributed by atoms with Crippen LogP contribution >= 0.6 is 0 Å². The zero-order valence-corrected chi connectivity index (χ0v) is 14.8. The molecule has 6 nitrogen and oxygen atoms in total. The second kappa shape index (κ2) is 6.94. The number of hydrogen-bond donors (Lipinski definition) is 2. The van der Waals surface area contributed by atoms with Crippen molar-refractivity contribution >= 4 is 15.9 Å². The SMILES string of the molecule is CC(C)(C)OC(=O)N[C@H]1CCC=C(S(=O)(=O)c2ccccc2)C1O. The summed E-state index contributed by atoms with van der Waals surface area (Å²) in [5.41, 5.74) is -0.668. The molecule has 1 aromatic rings. The van der Waals surface area contributed by atoms with Crippen LogP contribution in [-0.4, -0.2) is 37.4 Å². The zero-order valence-electron chi connectivity index (χ0n) is 14.0. The molecule has 0 radical (unpaired) electrons. The molecule has 0 aliphatic heterocycles. The van der Waals surface area contributed by atoms with Crippen LogP contribution in [0.2, 0.25) is 0 Å². The summed E-state index contributed by atoms with van der Waals surface area (Å²) in [4.78, 5) is 11.9. The average Bonchev–Trinajstić information content (AvgIpc) is 2.48. The summed E-state index contributed by atoms with van der Waals surface area (Å²) < 4.78 is 30.5. The van der Waals surface area contributed by atoms with E-state index in [2.05, 4.69) is 5.32 Å². The number of rotatable bonds is 3. The Balaban J connectivity index is 2.17. The minimum Gasteiger partial charge on any atom is -0.444 e. The van der Waals surface area contributed by atoms with Gasteiger partial charge in [0.25, 0.3) is 0 Å². The molecular weight excluding hydrogens is 330 g/mol. The molecule has 0 aromatic heterocycles. The lowest BCUT2D eigenvalue weighted by atomic mass is 9.99. The summed E-state index contributed by atoms with van der Waals surface area (Å²) in [7, 11) is -3.80. The highest BCUT2D eigenvalue weighted by Gasteiger charge is 2.36. The largest absolute Gasteiger partial charge is 0.444 e. The van der Waals surface area contributed by atoms with E-state index in [0.29, 0.717) is 12.8 Å². The molecule has 0 bridgehead atoms. The number of amides is 1. The normalized spacial score (nSPS) is 21.8. The van der Waals surface area contributed by atoms with Crippen molar-refractivity contribution in [3.8, 4) is 0 Å². The van der Waals surface area contributed by atoms with Gasteiger partial charge >= 0.3 is 6.09 Å². The standard InChI is InChI=1S/C17H23NO5S/c1-17(2,3)23-16(20)18-13-10-7-11-14(15(13)19)24(21,22)12-8-5-4-6-9-12/h4-6,8-9,11,13,15,19H,7,10H2,1-3H3,(H,18,20)/t13-,15?/m0/s1. The molecule has 132 valence electrons. The fourth-order valence-corrected chi connectivity index (χ4v) is 4.10. The maximum Gasteiger partial charge on any atom is 0.407 e. The van der Waals surface area contributed by atoms with E-state index in [9.17, 15) is 18.3 Å². The van der Waals surface area contributed by atoms with Crippen LogP contribution < -0.4 is 5.32 Å². The molecule has 1 aliphatic carbocycles. The van der Waals surface area contributed by atoms with Gasteiger partial charge in [-0.3, -0.25) is 0 Å². The number of carbonyl (C=O) groups excluding carboxylic acids is 1. The molecule has 2 rings (SSSR count). The first-order valence-corrected chi connectivity index (χ1v) is 9.27. The minimum atomic E-state index is -3.80. The number of ether oxygens (including phenoxy) is 1. The van der Waals surface area contributed by atoms with E-state index in [4.69, 9.17) is 4.74 Å². The Labute approximate surface area is 142 Å². The fourth-order valence-electron chi connectivity index (χ4n) is 2.50. The van der Waals surface area contributed by atoms with Gasteiger partial charge in [-0.2, -0.15) is 0 Å². The van der Waals surface area contributed by atoms with Gasteiger partial charge in [0.15, 0.2) is 0 Å². The molecular formula is C17H23NO5S. The summed E-state index contributed by atoms with van der Waals surface area (Å²) in [5, 5.41) is 13.0. The van der Waals surface area contributed by atoms with Gasteiger partial charge in [0, 0.05) is 0 Å². The first kappa shape index (κ1) is 18.5. The first-order chi connectivity index (χ1) is 11.1. The van der Waals surface area contributed by atoms with Crippen LogP contribution in [0.1, 0.15) is 33.6 Å². The number of sulfone groups is 1. The van der Waals surface area contributed by atoms with Crippen molar-refractivity contribution in [1.82, 2.24) is 5.32 Å². The molecule has 1 unspecified atom stereocenters. The summed E-state index contributed by atoms with van der Waals surface area (Å²) in [6.07, 6.45) is 0.411. The number of hydrogen-bond acceptors (Lipinski definition) is 5. The number of aliphatic hydroxyl groups is 1. The molecule has 0 heterocycles. The molecule has 24 heavy (non-hydrogen) atoms. The maximum absolute atomic E-state index is 12.7. The molecule has 0 spiro atoms. The third kappa shape index (κ3) is 4.36. The van der Waals surface area contributed by atoms with Crippen LogP contribution in [-0.2, 0) is 14.6 Å². The summed E-state index contributed by atoms with van der Waals surface area (Å²) in [5.74, 6) is 0. The van der Waals surface area contributed by atoms with Gasteiger partial charge in [-0.05, 0) is 45.7 Å². The van der Waals surface area contributed by atoms with E-state index >= 15 is 0 Å². The van der Waals surface area contributed by atoms with Crippen molar-refractivity contribution in [1.29, 1.82) is 0 Å². The number of carbonyl (C=O) groups is 1. The summed E-state index contributed by atoms with van der Waals surface area (Å²) >= 11 is 0. The molecule has 1 aliphatic rings. The highest BCUT2D eigenvalue weighted by atomic mass is 32.2. The van der Waals surface area contributed by atoms with Gasteiger partial charge in [0.05, 0.1) is 15.8 Å². The Morgan fingerprint density at radius 1 is 1.25 bits per heavy atom. The molecule has 2 N–H and O–H groups in total. The monoisotopic (exact) mass is 353 g/mol. The molecule has 0 saturated heterocycles. The molecule has 7 heteroatoms. The summed E-state index contributed by atoms with van der Waals surface area (Å²) in [6.45, 7) is 5.19. The highest BCUT2D eigenvalue weighted by molar-refractivity contribution is 7.95. The Hall–Kier alpha value is -1.86. The van der Waals surface area contributed by atoms with Gasteiger partial charge < -0.3 is 15.2 Å². The van der Waals surface area contributed by atoms with E-state index in [1.165, 1.54) is 18.2 Å². The van der Waals surface area contributed by atoms with Crippen LogP contribution in [0.3, 0.4) is 0 Å². The van der Waals surface area contributed by atoms with Crippen LogP contribution in [0.5, 0.6) is 0 Å². The van der Waals surface area contributed by atoms with Crippen molar-refractivity contribution in [2.75, 3.05) is 0 Å². The summed E-state index contributed by atoms with van der Waals surface area (Å²) in [6, 6.07) is 7.22. The van der Waals surface area contributed by atoms with E-state index in [1.54, 1.807) is 39.0 Å². The van der Waals surface area contributed by atoms with Crippen molar-refractivity contribution in [2.45, 2.75) is 56.3 Å². The average molecular weight is 353 g/mol. The smallest absolute Gasteiger partial charge is 0.407 e. The van der Waals surface area contributed by atoms with Gasteiger partial charge in [0.1, 0.15) is 11.7 Å². The number of alkyl carbamates (subject to hydrolysis) is 1. The molecule has 1 aromatic carbocycles. The van der Waals surface area contributed by atoms with Crippen molar-refractivity contribution in [2.24, 2.45) is 0 Å². The van der Waals surface area contributed by atoms with Crippen molar-refractivity contribution in [3.63, 3.8) is 0 Å². The quantitative estimate of drug-likeness (QED) is 0.870. The Morgan fingerprint density at radius 3 is 2.46 bits per heavy atom. The molecule has 0 fully saturated rings. The Kier molecular flexibility index (Phi) is 5.35. The lowest BCUT2D eigenvalue weighted by Crippen LogP contribution is -2.48. The van der Waals surface area contributed by atoms with Crippen LogP contribution in [0.4, 0.5) is 4.79 Å². The van der Waals surface area contributed by atoms with Crippen molar-refractivity contribution < 1.29 is 23.1 Å². The number of benzene rings is 1. The number of allylic oxidation sites excluding steroid dienone is 1. The third-order valence-corrected chi connectivity index (χ3v) is 5.48. The number of aliphatic hydroxyl groups excluding tert-OH is 1. The van der Waals surface area contributed by atoms with Crippen molar-refractivity contribution in [3.05, 3.63) is 41.3 Å². The van der Waals surface area contributed by atoms with Crippen LogP contribution in [0.25, 0.3) is 0 Å². The topological polar surface area (TPSA) is 92.7 Å². The lowest BCUT2D eigenvalue weighted by molar-refractivity contribution is 0.0442. The first-order valence-electron chi connectivity index (χ1n) is 7.79. The van der Waals surface area contributed by atoms with Crippen LogP contribution in [0.15, 0.2) is 46.2 Å². The van der Waals surface area contributed by atoms with E-state index in [0.717, 1.165) is 0 Å². The Bertz CT molecular complexity index is 719. The minimum absolute atomic E-state index is 0.0824. The zero-order chi connectivity index (χ0) is 18.0. The van der Waals surface area contributed by atoms with Gasteiger partial charge in [-0.15, -0.1) is 0 Å². The fraction of sp³-hybridized carbons (Fsp3) is 0.471. The predicted molar refractivity (Wildman–Crippen MR) is 90.1 cm³/mol. The van der Waals surface area contributed by atoms with E-state index in [1.807, 2.05) is 0 Å². The lowest BCUT2D eigenvalue weighted by Gasteiger charge is -2.30. The van der Waals surface area contributed by atoms with Gasteiger partial charge in [0.2, 0.25) is 9.84 Å². The second-order valence-corrected chi connectivity index (χ2v) is 8.65. The molecule has 1 amide bonds.